The Bertz CT molecular complexity index is 394. The van der Waals surface area contributed by atoms with Gasteiger partial charge in [-0.2, -0.15) is 0 Å². The van der Waals surface area contributed by atoms with Gasteiger partial charge in [-0.15, -0.1) is 0 Å². The van der Waals surface area contributed by atoms with E-state index in [1.807, 2.05) is 32.0 Å². The predicted octanol–water partition coefficient (Wildman–Crippen LogP) is 2.17. The molecule has 0 aliphatic rings. The summed E-state index contributed by atoms with van der Waals surface area (Å²) in [6, 6.07) is 5.62. The predicted molar refractivity (Wildman–Crippen MR) is 64.5 cm³/mol. The van der Waals surface area contributed by atoms with E-state index in [0.717, 1.165) is 11.1 Å². The van der Waals surface area contributed by atoms with Crippen LogP contribution in [0, 0.1) is 13.8 Å². The summed E-state index contributed by atoms with van der Waals surface area (Å²) < 4.78 is 10.4. The Balaban J connectivity index is 2.97. The van der Waals surface area contributed by atoms with E-state index in [1.165, 1.54) is 14.0 Å². The third kappa shape index (κ3) is 3.46. The van der Waals surface area contributed by atoms with Crippen LogP contribution >= 0.6 is 0 Å². The number of benzene rings is 1. The third-order valence-electron chi connectivity index (χ3n) is 2.41. The van der Waals surface area contributed by atoms with Gasteiger partial charge in [0.15, 0.2) is 0 Å². The van der Waals surface area contributed by atoms with Gasteiger partial charge in [-0.05, 0) is 44.0 Å². The first-order valence-corrected chi connectivity index (χ1v) is 5.37. The molecule has 1 rings (SSSR count). The van der Waals surface area contributed by atoms with Gasteiger partial charge in [-0.25, -0.2) is 4.79 Å². The van der Waals surface area contributed by atoms with Gasteiger partial charge in [0.1, 0.15) is 5.75 Å². The van der Waals surface area contributed by atoms with Crippen molar-refractivity contribution in [2.75, 3.05) is 13.7 Å². The molecule has 1 unspecified atom stereocenters. The van der Waals surface area contributed by atoms with Gasteiger partial charge in [0.2, 0.25) is 5.60 Å². The maximum absolute atomic E-state index is 11.2. The van der Waals surface area contributed by atoms with Crippen LogP contribution in [0.4, 0.5) is 0 Å². The van der Waals surface area contributed by atoms with Crippen LogP contribution in [0.25, 0.3) is 0 Å². The molecule has 0 aliphatic heterocycles. The molecular formula is C13H18O4. The number of carboxylic acid groups (broad SMARTS) is 1. The summed E-state index contributed by atoms with van der Waals surface area (Å²) in [7, 11) is 1.45. The number of hydrogen-bond acceptors (Lipinski definition) is 3. The molecule has 1 N–H and O–H groups in total. The fourth-order valence-electron chi connectivity index (χ4n) is 1.66. The average molecular weight is 238 g/mol. The summed E-state index contributed by atoms with van der Waals surface area (Å²) in [5, 5.41) is 9.16. The van der Waals surface area contributed by atoms with Crippen LogP contribution in [0.2, 0.25) is 0 Å². The van der Waals surface area contributed by atoms with Gasteiger partial charge in [0, 0.05) is 7.11 Å². The monoisotopic (exact) mass is 238 g/mol. The number of carboxylic acids is 1. The van der Waals surface area contributed by atoms with Gasteiger partial charge >= 0.3 is 5.97 Å². The Kier molecular flexibility index (Phi) is 4.12. The van der Waals surface area contributed by atoms with E-state index < -0.39 is 11.6 Å². The highest BCUT2D eigenvalue weighted by Gasteiger charge is 2.35. The number of aliphatic carboxylic acids is 1. The quantitative estimate of drug-likeness (QED) is 0.854. The van der Waals surface area contributed by atoms with E-state index in [4.69, 9.17) is 14.6 Å². The van der Waals surface area contributed by atoms with Gasteiger partial charge in [0.25, 0.3) is 0 Å². The molecule has 0 aliphatic carbocycles. The molecule has 0 saturated heterocycles. The number of carbonyl (C=O) groups is 1. The van der Waals surface area contributed by atoms with Crippen molar-refractivity contribution in [1.82, 2.24) is 0 Å². The lowest BCUT2D eigenvalue weighted by molar-refractivity contribution is -0.158. The minimum Gasteiger partial charge on any atom is -0.478 e. The molecule has 0 radical (unpaired) electrons. The number of aryl methyl sites for hydroxylation is 2. The second-order valence-corrected chi connectivity index (χ2v) is 4.39. The minimum absolute atomic E-state index is 0.00464. The van der Waals surface area contributed by atoms with Gasteiger partial charge < -0.3 is 14.6 Å². The lowest BCUT2D eigenvalue weighted by Gasteiger charge is -2.25. The number of rotatable bonds is 5. The summed E-state index contributed by atoms with van der Waals surface area (Å²) in [6.07, 6.45) is 0. The number of ether oxygens (including phenoxy) is 2. The van der Waals surface area contributed by atoms with Crippen LogP contribution in [-0.4, -0.2) is 30.4 Å². The van der Waals surface area contributed by atoms with E-state index in [0.29, 0.717) is 5.75 Å². The third-order valence-corrected chi connectivity index (χ3v) is 2.41. The molecule has 0 saturated carbocycles. The molecule has 0 spiro atoms. The van der Waals surface area contributed by atoms with Crippen LogP contribution in [0.1, 0.15) is 18.1 Å². The van der Waals surface area contributed by atoms with E-state index >= 15 is 0 Å². The number of hydrogen-bond donors (Lipinski definition) is 1. The molecule has 4 nitrogen and oxygen atoms in total. The molecule has 4 heteroatoms. The maximum Gasteiger partial charge on any atom is 0.350 e. The normalized spacial score (nSPS) is 14.1. The SMILES string of the molecule is COCC(C)(Oc1cc(C)cc(C)c1)C(=O)O. The van der Waals surface area contributed by atoms with Crippen molar-refractivity contribution in [2.24, 2.45) is 0 Å². The lowest BCUT2D eigenvalue weighted by atomic mass is 10.1. The van der Waals surface area contributed by atoms with Crippen LogP contribution < -0.4 is 4.74 Å². The molecule has 0 amide bonds. The summed E-state index contributed by atoms with van der Waals surface area (Å²) in [6.45, 7) is 5.37. The molecule has 1 aromatic rings. The highest BCUT2D eigenvalue weighted by Crippen LogP contribution is 2.22. The Morgan fingerprint density at radius 1 is 1.29 bits per heavy atom. The molecule has 1 atom stereocenters. The van der Waals surface area contributed by atoms with Crippen molar-refractivity contribution >= 4 is 5.97 Å². The standard InChI is InChI=1S/C13H18O4/c1-9-5-10(2)7-11(6-9)17-13(3,8-16-4)12(14)15/h5-7H,8H2,1-4H3,(H,14,15). The highest BCUT2D eigenvalue weighted by atomic mass is 16.6. The van der Waals surface area contributed by atoms with Gasteiger partial charge in [0.05, 0.1) is 6.61 Å². The van der Waals surface area contributed by atoms with E-state index in [2.05, 4.69) is 0 Å². The first-order chi connectivity index (χ1) is 7.87. The van der Waals surface area contributed by atoms with Gasteiger partial charge in [-0.1, -0.05) is 6.07 Å². The summed E-state index contributed by atoms with van der Waals surface area (Å²) in [5.41, 5.74) is 0.699. The molecule has 17 heavy (non-hydrogen) atoms. The van der Waals surface area contributed by atoms with Crippen LogP contribution in [0.3, 0.4) is 0 Å². The first-order valence-electron chi connectivity index (χ1n) is 5.37. The minimum atomic E-state index is -1.37. The van der Waals surface area contributed by atoms with Gasteiger partial charge in [-0.3, -0.25) is 0 Å². The zero-order valence-electron chi connectivity index (χ0n) is 10.6. The maximum atomic E-state index is 11.2. The lowest BCUT2D eigenvalue weighted by Crippen LogP contribution is -2.45. The second-order valence-electron chi connectivity index (χ2n) is 4.39. The van der Waals surface area contributed by atoms with E-state index in [1.54, 1.807) is 0 Å². The van der Waals surface area contributed by atoms with Crippen LogP contribution in [-0.2, 0) is 9.53 Å². The summed E-state index contributed by atoms with van der Waals surface area (Å²) >= 11 is 0. The molecule has 0 bridgehead atoms. The zero-order valence-corrected chi connectivity index (χ0v) is 10.6. The molecule has 0 aromatic heterocycles. The fourth-order valence-corrected chi connectivity index (χ4v) is 1.66. The van der Waals surface area contributed by atoms with E-state index in [-0.39, 0.29) is 6.61 Å². The van der Waals surface area contributed by atoms with E-state index in [9.17, 15) is 4.79 Å². The van der Waals surface area contributed by atoms with Crippen molar-refractivity contribution in [1.29, 1.82) is 0 Å². The van der Waals surface area contributed by atoms with Crippen LogP contribution in [0.5, 0.6) is 5.75 Å². The number of methoxy groups -OCH3 is 1. The largest absolute Gasteiger partial charge is 0.478 e. The van der Waals surface area contributed by atoms with Crippen molar-refractivity contribution in [3.8, 4) is 5.75 Å². The van der Waals surface area contributed by atoms with Crippen LogP contribution in [0.15, 0.2) is 18.2 Å². The summed E-state index contributed by atoms with van der Waals surface area (Å²) in [5.74, 6) is -0.497. The first kappa shape index (κ1) is 13.5. The van der Waals surface area contributed by atoms with Crippen molar-refractivity contribution in [3.63, 3.8) is 0 Å². The molecule has 0 heterocycles. The molecule has 94 valence electrons. The van der Waals surface area contributed by atoms with Crippen molar-refractivity contribution < 1.29 is 19.4 Å². The smallest absolute Gasteiger partial charge is 0.350 e. The summed E-state index contributed by atoms with van der Waals surface area (Å²) in [4.78, 5) is 11.2. The molecule has 1 aromatic carbocycles. The second kappa shape index (κ2) is 5.19. The Labute approximate surface area is 101 Å². The average Bonchev–Trinajstić information content (AvgIpc) is 2.15. The topological polar surface area (TPSA) is 55.8 Å². The van der Waals surface area contributed by atoms with Crippen molar-refractivity contribution in [3.05, 3.63) is 29.3 Å². The Morgan fingerprint density at radius 3 is 2.24 bits per heavy atom. The van der Waals surface area contributed by atoms with Crippen molar-refractivity contribution in [2.45, 2.75) is 26.4 Å². The molecule has 0 fully saturated rings. The highest BCUT2D eigenvalue weighted by molar-refractivity contribution is 5.77. The Hall–Kier alpha value is -1.55. The zero-order chi connectivity index (χ0) is 13.1. The fraction of sp³-hybridized carbons (Fsp3) is 0.462. The molecular weight excluding hydrogens is 220 g/mol. The Morgan fingerprint density at radius 2 is 1.82 bits per heavy atom.